The summed E-state index contributed by atoms with van der Waals surface area (Å²) in [6.45, 7) is 10.6. The highest BCUT2D eigenvalue weighted by Crippen LogP contribution is 2.23. The molecule has 1 atom stereocenters. The monoisotopic (exact) mass is 426 g/mol. The van der Waals surface area contributed by atoms with Gasteiger partial charge >= 0.3 is 0 Å². The fraction of sp³-hybridized carbons (Fsp3) is 0.458. The minimum absolute atomic E-state index is 0.173. The summed E-state index contributed by atoms with van der Waals surface area (Å²) in [7, 11) is 0. The molecule has 2 aromatic heterocycles. The highest BCUT2D eigenvalue weighted by atomic mass is 19.1. The van der Waals surface area contributed by atoms with Crippen LogP contribution in [-0.2, 0) is 13.1 Å². The van der Waals surface area contributed by atoms with Gasteiger partial charge in [0.05, 0.1) is 17.9 Å². The Morgan fingerprint density at radius 3 is 2.52 bits per heavy atom. The summed E-state index contributed by atoms with van der Waals surface area (Å²) >= 11 is 0. The number of hydrogen-bond donors (Lipinski definition) is 1. The molecule has 1 fully saturated rings. The smallest absolute Gasteiger partial charge is 0.123 e. The molecule has 0 aliphatic carbocycles. The van der Waals surface area contributed by atoms with E-state index in [0.717, 1.165) is 67.7 Å². The van der Waals surface area contributed by atoms with Crippen LogP contribution < -0.4 is 0 Å². The quantitative estimate of drug-likeness (QED) is 0.626. The van der Waals surface area contributed by atoms with Crippen molar-refractivity contribution in [3.63, 3.8) is 0 Å². The predicted molar refractivity (Wildman–Crippen MR) is 118 cm³/mol. The SMILES string of the molecule is Cc1ccc(CN2CCN(Cc3c(C)nn(-c4ccc(F)cc4)c3C)C[C@@H]2CCO)o1. The van der Waals surface area contributed by atoms with E-state index in [1.54, 1.807) is 12.1 Å². The normalized spacial score (nSPS) is 18.0. The topological polar surface area (TPSA) is 57.7 Å². The highest BCUT2D eigenvalue weighted by molar-refractivity contribution is 5.37. The van der Waals surface area contributed by atoms with E-state index in [1.165, 1.54) is 17.7 Å². The first-order valence-electron chi connectivity index (χ1n) is 10.9. The van der Waals surface area contributed by atoms with Crippen LogP contribution >= 0.6 is 0 Å². The van der Waals surface area contributed by atoms with Crippen molar-refractivity contribution >= 4 is 0 Å². The number of hydrogen-bond acceptors (Lipinski definition) is 5. The zero-order chi connectivity index (χ0) is 22.0. The van der Waals surface area contributed by atoms with Crippen LogP contribution in [-0.4, -0.2) is 57.0 Å². The van der Waals surface area contributed by atoms with Gasteiger partial charge in [-0.3, -0.25) is 9.80 Å². The van der Waals surface area contributed by atoms with Gasteiger partial charge in [-0.25, -0.2) is 9.07 Å². The minimum atomic E-state index is -0.247. The molecule has 31 heavy (non-hydrogen) atoms. The molecule has 7 heteroatoms. The molecular formula is C24H31FN4O2. The van der Waals surface area contributed by atoms with Crippen molar-refractivity contribution in [2.75, 3.05) is 26.2 Å². The van der Waals surface area contributed by atoms with Gasteiger partial charge in [0.1, 0.15) is 17.3 Å². The molecule has 1 aliphatic rings. The first-order chi connectivity index (χ1) is 14.9. The summed E-state index contributed by atoms with van der Waals surface area (Å²) in [5.74, 6) is 1.65. The van der Waals surface area contributed by atoms with Crippen LogP contribution in [0, 0.1) is 26.6 Å². The second-order valence-corrected chi connectivity index (χ2v) is 8.42. The van der Waals surface area contributed by atoms with E-state index in [4.69, 9.17) is 9.52 Å². The third-order valence-electron chi connectivity index (χ3n) is 6.20. The maximum Gasteiger partial charge on any atom is 0.123 e. The lowest BCUT2D eigenvalue weighted by Gasteiger charge is -2.41. The number of piperazine rings is 1. The second-order valence-electron chi connectivity index (χ2n) is 8.42. The number of aryl methyl sites for hydroxylation is 2. The molecule has 0 saturated carbocycles. The Labute approximate surface area is 182 Å². The number of rotatable bonds is 7. The van der Waals surface area contributed by atoms with Gasteiger partial charge in [-0.05, 0) is 63.6 Å². The Hall–Kier alpha value is -2.48. The lowest BCUT2D eigenvalue weighted by molar-refractivity contribution is 0.0452. The van der Waals surface area contributed by atoms with Crippen molar-refractivity contribution < 1.29 is 13.9 Å². The molecule has 0 amide bonds. The van der Waals surface area contributed by atoms with E-state index < -0.39 is 0 Å². The molecule has 4 rings (SSSR count). The van der Waals surface area contributed by atoms with Crippen LogP contribution in [0.2, 0.25) is 0 Å². The number of aliphatic hydroxyl groups is 1. The van der Waals surface area contributed by atoms with Crippen LogP contribution in [0.3, 0.4) is 0 Å². The van der Waals surface area contributed by atoms with E-state index in [-0.39, 0.29) is 18.5 Å². The van der Waals surface area contributed by atoms with E-state index in [2.05, 4.69) is 16.7 Å². The number of furan rings is 1. The molecule has 0 radical (unpaired) electrons. The first-order valence-corrected chi connectivity index (χ1v) is 10.9. The van der Waals surface area contributed by atoms with Gasteiger partial charge in [0.2, 0.25) is 0 Å². The van der Waals surface area contributed by atoms with Crippen LogP contribution in [0.15, 0.2) is 40.8 Å². The summed E-state index contributed by atoms with van der Waals surface area (Å²) in [6, 6.07) is 10.7. The maximum absolute atomic E-state index is 13.3. The predicted octanol–water partition coefficient (Wildman–Crippen LogP) is 3.60. The van der Waals surface area contributed by atoms with Gasteiger partial charge in [0.15, 0.2) is 0 Å². The van der Waals surface area contributed by atoms with Gasteiger partial charge in [-0.1, -0.05) is 0 Å². The van der Waals surface area contributed by atoms with Gasteiger partial charge in [-0.15, -0.1) is 0 Å². The third kappa shape index (κ3) is 4.89. The molecule has 0 spiro atoms. The molecule has 6 nitrogen and oxygen atoms in total. The van der Waals surface area contributed by atoms with Gasteiger partial charge in [-0.2, -0.15) is 5.10 Å². The number of nitrogens with zero attached hydrogens (tertiary/aromatic N) is 4. The number of benzene rings is 1. The summed E-state index contributed by atoms with van der Waals surface area (Å²) in [5.41, 5.74) is 4.15. The van der Waals surface area contributed by atoms with Crippen molar-refractivity contribution in [3.05, 3.63) is 70.7 Å². The average molecular weight is 427 g/mol. The molecule has 3 aromatic rings. The second kappa shape index (κ2) is 9.34. The van der Waals surface area contributed by atoms with E-state index in [1.807, 2.05) is 30.7 Å². The molecule has 1 N–H and O–H groups in total. The Kier molecular flexibility index (Phi) is 6.55. The maximum atomic E-state index is 13.3. The fourth-order valence-electron chi connectivity index (χ4n) is 4.46. The molecule has 166 valence electrons. The zero-order valence-electron chi connectivity index (χ0n) is 18.5. The summed E-state index contributed by atoms with van der Waals surface area (Å²) in [4.78, 5) is 4.85. The van der Waals surface area contributed by atoms with Crippen molar-refractivity contribution in [2.45, 2.75) is 46.3 Å². The molecule has 0 unspecified atom stereocenters. The Balaban J connectivity index is 1.46. The number of aliphatic hydroxyl groups excluding tert-OH is 1. The van der Waals surface area contributed by atoms with Crippen LogP contribution in [0.5, 0.6) is 0 Å². The van der Waals surface area contributed by atoms with Crippen LogP contribution in [0.25, 0.3) is 5.69 Å². The Morgan fingerprint density at radius 1 is 1.06 bits per heavy atom. The van der Waals surface area contributed by atoms with E-state index >= 15 is 0 Å². The van der Waals surface area contributed by atoms with E-state index in [0.29, 0.717) is 0 Å². The Bertz CT molecular complexity index is 1010. The third-order valence-corrected chi connectivity index (χ3v) is 6.20. The van der Waals surface area contributed by atoms with Crippen molar-refractivity contribution in [1.29, 1.82) is 0 Å². The van der Waals surface area contributed by atoms with Gasteiger partial charge < -0.3 is 9.52 Å². The lowest BCUT2D eigenvalue weighted by Crippen LogP contribution is -2.52. The van der Waals surface area contributed by atoms with Crippen molar-refractivity contribution in [1.82, 2.24) is 19.6 Å². The lowest BCUT2D eigenvalue weighted by atomic mass is 10.1. The molecular weight excluding hydrogens is 395 g/mol. The number of aromatic nitrogens is 2. The molecule has 0 bridgehead atoms. The summed E-state index contributed by atoms with van der Waals surface area (Å²) < 4.78 is 21.0. The Morgan fingerprint density at radius 2 is 1.84 bits per heavy atom. The van der Waals surface area contributed by atoms with Crippen molar-refractivity contribution in [2.24, 2.45) is 0 Å². The number of halogens is 1. The fourth-order valence-corrected chi connectivity index (χ4v) is 4.46. The van der Waals surface area contributed by atoms with Crippen LogP contribution in [0.1, 0.15) is 34.9 Å². The zero-order valence-corrected chi connectivity index (χ0v) is 18.5. The first kappa shape index (κ1) is 21.7. The van der Waals surface area contributed by atoms with Gasteiger partial charge in [0.25, 0.3) is 0 Å². The average Bonchev–Trinajstić information content (AvgIpc) is 3.28. The molecule has 1 aromatic carbocycles. The summed E-state index contributed by atoms with van der Waals surface area (Å²) in [6.07, 6.45) is 0.739. The molecule has 1 aliphatic heterocycles. The van der Waals surface area contributed by atoms with E-state index in [9.17, 15) is 9.50 Å². The van der Waals surface area contributed by atoms with Crippen LogP contribution in [0.4, 0.5) is 4.39 Å². The highest BCUT2D eigenvalue weighted by Gasteiger charge is 2.28. The van der Waals surface area contributed by atoms with Gasteiger partial charge in [0, 0.05) is 50.1 Å². The molecule has 1 saturated heterocycles. The van der Waals surface area contributed by atoms with Crippen molar-refractivity contribution in [3.8, 4) is 5.69 Å². The minimum Gasteiger partial charge on any atom is -0.465 e. The molecule has 3 heterocycles. The largest absolute Gasteiger partial charge is 0.465 e. The summed E-state index contributed by atoms with van der Waals surface area (Å²) in [5, 5.41) is 14.3. The standard InChI is InChI=1S/C24H31FN4O2/c1-17-4-9-23(31-17)15-28-12-11-27(14-22(28)10-13-30)16-24-18(2)26-29(19(24)3)21-7-5-20(25)6-8-21/h4-9,22,30H,10-16H2,1-3H3/t22-/m0/s1.